The van der Waals surface area contributed by atoms with Gasteiger partial charge in [-0.15, -0.1) is 0 Å². The first-order chi connectivity index (χ1) is 11.0. The van der Waals surface area contributed by atoms with E-state index in [1.54, 1.807) is 25.3 Å². The van der Waals surface area contributed by atoms with E-state index in [1.165, 1.54) is 5.56 Å². The van der Waals surface area contributed by atoms with Crippen molar-refractivity contribution in [2.24, 2.45) is 0 Å². The summed E-state index contributed by atoms with van der Waals surface area (Å²) in [6, 6.07) is 11.0. The van der Waals surface area contributed by atoms with E-state index in [0.29, 0.717) is 22.2 Å². The summed E-state index contributed by atoms with van der Waals surface area (Å²) in [5.74, 6) is 0.768. The zero-order chi connectivity index (χ0) is 16.6. The number of carbonyl (C=O) groups excluding carboxylic acids is 1. The molecule has 0 saturated carbocycles. The van der Waals surface area contributed by atoms with Crippen LogP contribution in [0.3, 0.4) is 0 Å². The first-order valence-electron chi connectivity index (χ1n) is 7.44. The highest BCUT2D eigenvalue weighted by molar-refractivity contribution is 6.42. The number of carbonyl (C=O) groups is 1. The minimum Gasteiger partial charge on any atom is -0.497 e. The number of amides is 1. The summed E-state index contributed by atoms with van der Waals surface area (Å²) in [5, 5.41) is 0.842. The number of halogens is 2. The van der Waals surface area contributed by atoms with Gasteiger partial charge in [0.05, 0.1) is 23.2 Å². The van der Waals surface area contributed by atoms with Crippen molar-refractivity contribution in [1.29, 1.82) is 0 Å². The molecule has 0 fully saturated rings. The Labute approximate surface area is 145 Å². The molecule has 1 aliphatic rings. The van der Waals surface area contributed by atoms with E-state index in [1.807, 2.05) is 24.0 Å². The summed E-state index contributed by atoms with van der Waals surface area (Å²) in [5.41, 5.74) is 2.94. The third kappa shape index (κ3) is 3.04. The number of hydrogen-bond acceptors (Lipinski definition) is 2. The monoisotopic (exact) mass is 349 g/mol. The second kappa shape index (κ2) is 6.42. The van der Waals surface area contributed by atoms with Crippen LogP contribution in [-0.4, -0.2) is 24.5 Å². The van der Waals surface area contributed by atoms with Gasteiger partial charge in [-0.25, -0.2) is 0 Å². The lowest BCUT2D eigenvalue weighted by atomic mass is 9.92. The number of benzene rings is 2. The Morgan fingerprint density at radius 2 is 1.96 bits per heavy atom. The van der Waals surface area contributed by atoms with Gasteiger partial charge in [-0.3, -0.25) is 4.79 Å². The van der Waals surface area contributed by atoms with Crippen LogP contribution in [0.15, 0.2) is 36.4 Å². The van der Waals surface area contributed by atoms with Crippen LogP contribution >= 0.6 is 23.2 Å². The third-order valence-electron chi connectivity index (χ3n) is 4.32. The molecule has 1 amide bonds. The molecule has 0 aliphatic carbocycles. The highest BCUT2D eigenvalue weighted by Gasteiger charge is 2.28. The summed E-state index contributed by atoms with van der Waals surface area (Å²) >= 11 is 12.0. The molecule has 1 heterocycles. The molecule has 0 aromatic heterocycles. The van der Waals surface area contributed by atoms with Gasteiger partial charge in [-0.05, 0) is 54.8 Å². The number of nitrogens with zero attached hydrogens (tertiary/aromatic N) is 1. The minimum absolute atomic E-state index is 0.0178. The lowest BCUT2D eigenvalue weighted by Crippen LogP contribution is -2.38. The first kappa shape index (κ1) is 16.2. The molecular formula is C18H17Cl2NO2. The molecule has 0 radical (unpaired) electrons. The second-order valence-corrected chi connectivity index (χ2v) is 6.43. The van der Waals surface area contributed by atoms with Crippen LogP contribution in [-0.2, 0) is 6.42 Å². The molecule has 120 valence electrons. The van der Waals surface area contributed by atoms with E-state index < -0.39 is 0 Å². The van der Waals surface area contributed by atoms with Crippen LogP contribution in [0.1, 0.15) is 34.5 Å². The average molecular weight is 350 g/mol. The maximum absolute atomic E-state index is 12.8. The first-order valence-corrected chi connectivity index (χ1v) is 8.19. The number of hydrogen-bond donors (Lipinski definition) is 0. The molecule has 1 aliphatic heterocycles. The minimum atomic E-state index is -0.0375. The van der Waals surface area contributed by atoms with E-state index >= 15 is 0 Å². The highest BCUT2D eigenvalue weighted by Crippen LogP contribution is 2.33. The molecule has 1 atom stereocenters. The Morgan fingerprint density at radius 3 is 2.65 bits per heavy atom. The van der Waals surface area contributed by atoms with Gasteiger partial charge < -0.3 is 9.64 Å². The van der Waals surface area contributed by atoms with Crippen molar-refractivity contribution in [2.75, 3.05) is 13.7 Å². The van der Waals surface area contributed by atoms with Crippen molar-refractivity contribution >= 4 is 29.1 Å². The summed E-state index contributed by atoms with van der Waals surface area (Å²) in [4.78, 5) is 14.7. The number of ether oxygens (including phenoxy) is 1. The molecule has 0 spiro atoms. The quantitative estimate of drug-likeness (QED) is 0.781. The van der Waals surface area contributed by atoms with E-state index in [2.05, 4.69) is 6.07 Å². The lowest BCUT2D eigenvalue weighted by molar-refractivity contribution is 0.0677. The van der Waals surface area contributed by atoms with Crippen LogP contribution in [0.25, 0.3) is 0 Å². The Hall–Kier alpha value is -1.71. The average Bonchev–Trinajstić information content (AvgIpc) is 2.57. The largest absolute Gasteiger partial charge is 0.497 e. The van der Waals surface area contributed by atoms with E-state index in [4.69, 9.17) is 27.9 Å². The third-order valence-corrected chi connectivity index (χ3v) is 5.06. The van der Waals surface area contributed by atoms with Crippen molar-refractivity contribution in [2.45, 2.75) is 19.4 Å². The van der Waals surface area contributed by atoms with Crippen molar-refractivity contribution in [3.8, 4) is 5.75 Å². The summed E-state index contributed by atoms with van der Waals surface area (Å²) in [6.45, 7) is 2.71. The van der Waals surface area contributed by atoms with Crippen molar-refractivity contribution in [1.82, 2.24) is 4.90 Å². The molecule has 3 rings (SSSR count). The fourth-order valence-corrected chi connectivity index (χ4v) is 3.29. The van der Waals surface area contributed by atoms with Crippen molar-refractivity contribution in [3.63, 3.8) is 0 Å². The topological polar surface area (TPSA) is 29.5 Å². The molecular weight excluding hydrogens is 333 g/mol. The maximum Gasteiger partial charge on any atom is 0.254 e. The summed E-state index contributed by atoms with van der Waals surface area (Å²) in [7, 11) is 1.65. The summed E-state index contributed by atoms with van der Waals surface area (Å²) < 4.78 is 5.30. The van der Waals surface area contributed by atoms with Crippen LogP contribution in [0.5, 0.6) is 5.75 Å². The Kier molecular flexibility index (Phi) is 4.51. The Bertz CT molecular complexity index is 761. The maximum atomic E-state index is 12.8. The highest BCUT2D eigenvalue weighted by atomic mass is 35.5. The van der Waals surface area contributed by atoms with E-state index in [-0.39, 0.29) is 11.9 Å². The number of methoxy groups -OCH3 is 1. The predicted molar refractivity (Wildman–Crippen MR) is 92.6 cm³/mol. The van der Waals surface area contributed by atoms with Crippen LogP contribution in [0, 0.1) is 0 Å². The second-order valence-electron chi connectivity index (χ2n) is 5.62. The molecule has 23 heavy (non-hydrogen) atoms. The molecule has 2 aromatic rings. The van der Waals surface area contributed by atoms with Gasteiger partial charge in [-0.1, -0.05) is 29.3 Å². The van der Waals surface area contributed by atoms with Crippen molar-refractivity contribution < 1.29 is 9.53 Å². The molecule has 5 heteroatoms. The zero-order valence-electron chi connectivity index (χ0n) is 13.0. The molecule has 0 saturated heterocycles. The Balaban J connectivity index is 1.91. The fourth-order valence-electron chi connectivity index (χ4n) is 2.99. The van der Waals surface area contributed by atoms with E-state index in [0.717, 1.165) is 17.7 Å². The lowest BCUT2D eigenvalue weighted by Gasteiger charge is -2.35. The van der Waals surface area contributed by atoms with Gasteiger partial charge in [0, 0.05) is 12.1 Å². The van der Waals surface area contributed by atoms with Crippen LogP contribution in [0.2, 0.25) is 10.0 Å². The standard InChI is InChI=1S/C18H17Cl2NO2/c1-11-15-10-14(23-2)5-3-12(15)7-8-21(11)18(22)13-4-6-16(19)17(20)9-13/h3-6,9-11H,7-8H2,1-2H3. The van der Waals surface area contributed by atoms with Gasteiger partial charge in [-0.2, -0.15) is 0 Å². The smallest absolute Gasteiger partial charge is 0.254 e. The predicted octanol–water partition coefficient (Wildman–Crippen LogP) is 4.76. The molecule has 3 nitrogen and oxygen atoms in total. The van der Waals surface area contributed by atoms with Crippen molar-refractivity contribution in [3.05, 3.63) is 63.1 Å². The van der Waals surface area contributed by atoms with Gasteiger partial charge in [0.2, 0.25) is 0 Å². The van der Waals surface area contributed by atoms with Crippen LogP contribution in [0.4, 0.5) is 0 Å². The normalized spacial score (nSPS) is 16.9. The van der Waals surface area contributed by atoms with Gasteiger partial charge in [0.15, 0.2) is 0 Å². The summed E-state index contributed by atoms with van der Waals surface area (Å²) in [6.07, 6.45) is 0.830. The molecule has 1 unspecified atom stereocenters. The molecule has 0 bridgehead atoms. The van der Waals surface area contributed by atoms with Gasteiger partial charge >= 0.3 is 0 Å². The van der Waals surface area contributed by atoms with Gasteiger partial charge in [0.25, 0.3) is 5.91 Å². The number of fused-ring (bicyclic) bond motifs is 1. The van der Waals surface area contributed by atoms with Crippen LogP contribution < -0.4 is 4.74 Å². The Morgan fingerprint density at radius 1 is 1.17 bits per heavy atom. The molecule has 2 aromatic carbocycles. The number of rotatable bonds is 2. The SMILES string of the molecule is COc1ccc2c(c1)C(C)N(C(=O)c1ccc(Cl)c(Cl)c1)CC2. The fraction of sp³-hybridized carbons (Fsp3) is 0.278. The van der Waals surface area contributed by atoms with E-state index in [9.17, 15) is 4.79 Å². The van der Waals surface area contributed by atoms with Gasteiger partial charge in [0.1, 0.15) is 5.75 Å². The molecule has 0 N–H and O–H groups in total. The zero-order valence-corrected chi connectivity index (χ0v) is 14.5.